The first kappa shape index (κ1) is 29.5. The second-order valence-corrected chi connectivity index (χ2v) is 15.4. The van der Waals surface area contributed by atoms with Crippen LogP contribution in [0.2, 0.25) is 0 Å². The van der Waals surface area contributed by atoms with Gasteiger partial charge in [0, 0.05) is 62.2 Å². The first-order valence-corrected chi connectivity index (χ1v) is 19.3. The van der Waals surface area contributed by atoms with Gasteiger partial charge in [0.1, 0.15) is 11.2 Å². The quantitative estimate of drug-likeness (QED) is 0.185. The number of aromatic nitrogens is 1. The highest BCUT2D eigenvalue weighted by molar-refractivity contribution is 6.06. The lowest BCUT2D eigenvalue weighted by Crippen LogP contribution is -2.34. The highest BCUT2D eigenvalue weighted by Crippen LogP contribution is 2.54. The molecule has 0 radical (unpaired) electrons. The van der Waals surface area contributed by atoms with Gasteiger partial charge in [-0.05, 0) is 94.8 Å². The normalized spacial score (nSPS) is 23.3. The van der Waals surface area contributed by atoms with Crippen molar-refractivity contribution in [1.29, 1.82) is 0 Å². The molecular weight excluding hydrogens is 645 g/mol. The fourth-order valence-corrected chi connectivity index (χ4v) is 10.4. The first-order chi connectivity index (χ1) is 26.3. The second-order valence-electron chi connectivity index (χ2n) is 15.4. The Kier molecular flexibility index (Phi) is 6.25. The van der Waals surface area contributed by atoms with Gasteiger partial charge in [-0.3, -0.25) is 0 Å². The Hall–Kier alpha value is -6.06. The van der Waals surface area contributed by atoms with E-state index in [-0.39, 0.29) is 6.04 Å². The predicted octanol–water partition coefficient (Wildman–Crippen LogP) is 10.7. The van der Waals surface area contributed by atoms with Crippen molar-refractivity contribution in [2.45, 2.75) is 37.8 Å². The van der Waals surface area contributed by atoms with E-state index in [0.29, 0.717) is 17.9 Å². The van der Waals surface area contributed by atoms with E-state index in [4.69, 9.17) is 4.42 Å². The van der Waals surface area contributed by atoms with E-state index in [1.54, 1.807) is 0 Å². The molecule has 3 nitrogen and oxygen atoms in total. The summed E-state index contributed by atoms with van der Waals surface area (Å²) in [7, 11) is 0. The van der Waals surface area contributed by atoms with Crippen LogP contribution in [0.25, 0.3) is 50.6 Å². The van der Waals surface area contributed by atoms with Crippen molar-refractivity contribution in [1.82, 2.24) is 4.57 Å². The van der Waals surface area contributed by atoms with Gasteiger partial charge < -0.3 is 13.9 Å². The molecule has 0 spiro atoms. The molecule has 0 saturated heterocycles. The van der Waals surface area contributed by atoms with Crippen molar-refractivity contribution >= 4 is 61.9 Å². The van der Waals surface area contributed by atoms with Gasteiger partial charge in [-0.25, -0.2) is 0 Å². The van der Waals surface area contributed by atoms with Gasteiger partial charge >= 0.3 is 0 Å². The Morgan fingerprint density at radius 3 is 2.60 bits per heavy atom. The summed E-state index contributed by atoms with van der Waals surface area (Å²) in [5, 5.41) is 6.37. The molecule has 0 bridgehead atoms. The lowest BCUT2D eigenvalue weighted by molar-refractivity contribution is 0.598. The van der Waals surface area contributed by atoms with Crippen molar-refractivity contribution in [3.63, 3.8) is 0 Å². The average Bonchev–Trinajstić information content (AvgIpc) is 3.87. The number of para-hydroxylation sites is 1. The summed E-state index contributed by atoms with van der Waals surface area (Å²) in [5.41, 5.74) is 14.2. The molecule has 53 heavy (non-hydrogen) atoms. The van der Waals surface area contributed by atoms with Crippen molar-refractivity contribution < 1.29 is 4.42 Å². The molecule has 2 aromatic heterocycles. The molecule has 12 rings (SSSR count). The Morgan fingerprint density at radius 1 is 0.755 bits per heavy atom. The fraction of sp³-hybridized carbons (Fsp3) is 0.160. The van der Waals surface area contributed by atoms with E-state index in [2.05, 4.69) is 167 Å². The van der Waals surface area contributed by atoms with Crippen LogP contribution in [0.1, 0.15) is 36.6 Å². The summed E-state index contributed by atoms with van der Waals surface area (Å²) < 4.78 is 9.13. The molecule has 2 heterocycles. The zero-order valence-electron chi connectivity index (χ0n) is 29.5. The summed E-state index contributed by atoms with van der Waals surface area (Å²) >= 11 is 0. The number of fused-ring (bicyclic) bond motifs is 10. The van der Waals surface area contributed by atoms with Gasteiger partial charge in [-0.1, -0.05) is 115 Å². The van der Waals surface area contributed by atoms with Crippen LogP contribution in [0.5, 0.6) is 0 Å². The number of rotatable bonds is 4. The Bertz CT molecular complexity index is 2930. The molecule has 0 amide bonds. The van der Waals surface area contributed by atoms with E-state index in [1.165, 1.54) is 60.6 Å². The monoisotopic (exact) mass is 682 g/mol. The Labute approximate surface area is 308 Å². The van der Waals surface area contributed by atoms with Crippen LogP contribution >= 0.6 is 0 Å². The molecule has 3 heteroatoms. The van der Waals surface area contributed by atoms with Crippen LogP contribution < -0.4 is 15.3 Å². The predicted molar refractivity (Wildman–Crippen MR) is 219 cm³/mol. The average molecular weight is 683 g/mol. The minimum absolute atomic E-state index is 0.120. The first-order valence-electron chi connectivity index (χ1n) is 19.3. The maximum atomic E-state index is 6.51. The summed E-state index contributed by atoms with van der Waals surface area (Å²) in [5.74, 6) is 0.768. The maximum absolute atomic E-state index is 6.51. The molecular formula is C50H38N2O. The highest BCUT2D eigenvalue weighted by Gasteiger charge is 2.43. The minimum atomic E-state index is 0.120. The van der Waals surface area contributed by atoms with Crippen LogP contribution in [0.4, 0.5) is 11.4 Å². The van der Waals surface area contributed by atoms with E-state index in [0.717, 1.165) is 53.3 Å². The molecule has 0 N–H and O–H groups in total. The van der Waals surface area contributed by atoms with Crippen LogP contribution in [0.15, 0.2) is 167 Å². The molecule has 1 fully saturated rings. The standard InChI is InChI=1S/C50H38N2O/c1-2-13-33(14-3-1)52-45-19-8-6-16-39(45)43-28-35(23-26-46(43)52)51(36-22-25-41-40-17-7-9-20-47(40)53-48(41)30-36)34-21-24-38-42-18-10-12-32-27-31-11-4-5-15-37(31)50(49(32)42)44(38)29-34/h1-7,9-13,15-18,20,22-30,33-34,42,49H,8,14,19,21H2. The second kappa shape index (κ2) is 11.2. The number of allylic oxidation sites excluding steroid dienone is 11. The van der Waals surface area contributed by atoms with Crippen LogP contribution in [0, 0.1) is 11.8 Å². The van der Waals surface area contributed by atoms with Crippen LogP contribution in [-0.2, 0) is 6.42 Å². The molecule has 6 aromatic rings. The molecule has 1 saturated carbocycles. The minimum Gasteiger partial charge on any atom is -0.456 e. The van der Waals surface area contributed by atoms with Crippen molar-refractivity contribution in [3.05, 3.63) is 184 Å². The summed E-state index contributed by atoms with van der Waals surface area (Å²) in [6.07, 6.45) is 32.5. The smallest absolute Gasteiger partial charge is 0.137 e. The van der Waals surface area contributed by atoms with Gasteiger partial charge in [0.25, 0.3) is 0 Å². The van der Waals surface area contributed by atoms with E-state index in [1.807, 2.05) is 0 Å². The van der Waals surface area contributed by atoms with Crippen LogP contribution in [-0.4, -0.2) is 10.6 Å². The molecule has 4 aromatic carbocycles. The molecule has 6 aliphatic carbocycles. The number of benzene rings is 4. The lowest BCUT2D eigenvalue weighted by Gasteiger charge is -2.34. The number of hydrogen-bond acceptors (Lipinski definition) is 2. The fourth-order valence-electron chi connectivity index (χ4n) is 10.4. The number of anilines is 2. The molecule has 4 unspecified atom stereocenters. The summed E-state index contributed by atoms with van der Waals surface area (Å²) in [4.78, 5) is 2.59. The van der Waals surface area contributed by atoms with Gasteiger partial charge in [0.05, 0.1) is 12.1 Å². The van der Waals surface area contributed by atoms with Crippen LogP contribution in [0.3, 0.4) is 0 Å². The van der Waals surface area contributed by atoms with Gasteiger partial charge in [-0.2, -0.15) is 0 Å². The number of nitrogens with zero attached hydrogens (tertiary/aromatic N) is 2. The van der Waals surface area contributed by atoms with Crippen molar-refractivity contribution in [2.75, 3.05) is 4.90 Å². The van der Waals surface area contributed by atoms with E-state index >= 15 is 0 Å². The zero-order valence-corrected chi connectivity index (χ0v) is 29.5. The highest BCUT2D eigenvalue weighted by atomic mass is 16.3. The Morgan fingerprint density at radius 2 is 1.64 bits per heavy atom. The molecule has 4 atom stereocenters. The van der Waals surface area contributed by atoms with Gasteiger partial charge in [0.15, 0.2) is 0 Å². The van der Waals surface area contributed by atoms with E-state index in [9.17, 15) is 0 Å². The zero-order chi connectivity index (χ0) is 34.6. The molecule has 6 aliphatic rings. The number of hydrogen-bond donors (Lipinski definition) is 0. The van der Waals surface area contributed by atoms with E-state index < -0.39 is 0 Å². The van der Waals surface area contributed by atoms with Gasteiger partial charge in [0.2, 0.25) is 0 Å². The van der Waals surface area contributed by atoms with Gasteiger partial charge in [-0.15, -0.1) is 0 Å². The summed E-state index contributed by atoms with van der Waals surface area (Å²) in [6, 6.07) is 31.9. The Balaban J connectivity index is 1.07. The van der Waals surface area contributed by atoms with Crippen molar-refractivity contribution in [2.24, 2.45) is 11.8 Å². The summed E-state index contributed by atoms with van der Waals surface area (Å²) in [6.45, 7) is 0. The lowest BCUT2D eigenvalue weighted by atomic mass is 9.78. The maximum Gasteiger partial charge on any atom is 0.137 e. The third kappa shape index (κ3) is 4.28. The largest absolute Gasteiger partial charge is 0.456 e. The number of furan rings is 1. The SMILES string of the molecule is C1=CCC(n2c3c(c4cc(N(c5ccc6c(c5)oc5ccccc56)C5C=C6C(=CC5)C5C=CC=C7C=c8ccccc8=C6C75)ccc42)C=CCC3)C=C1. The van der Waals surface area contributed by atoms with Crippen molar-refractivity contribution in [3.8, 4) is 0 Å². The molecule has 254 valence electrons. The third-order valence-corrected chi connectivity index (χ3v) is 12.6. The molecule has 0 aliphatic heterocycles. The third-order valence-electron chi connectivity index (χ3n) is 12.6. The topological polar surface area (TPSA) is 21.3 Å².